The third kappa shape index (κ3) is 5.06. The summed E-state index contributed by atoms with van der Waals surface area (Å²) in [5.41, 5.74) is 5.90. The molecule has 10 heteroatoms. The highest BCUT2D eigenvalue weighted by atomic mass is 32.2. The lowest BCUT2D eigenvalue weighted by molar-refractivity contribution is 0.203. The summed E-state index contributed by atoms with van der Waals surface area (Å²) in [5.74, 6) is 0.370. The zero-order valence-electron chi connectivity index (χ0n) is 15.5. The molecule has 9 nitrogen and oxygen atoms in total. The summed E-state index contributed by atoms with van der Waals surface area (Å²) in [6.07, 6.45) is 1.81. The molecule has 2 aromatic carbocycles. The maximum atomic E-state index is 10.8. The molecule has 0 saturated heterocycles. The van der Waals surface area contributed by atoms with Crippen LogP contribution in [-0.4, -0.2) is 26.0 Å². The highest BCUT2D eigenvalue weighted by Gasteiger charge is 2.19. The van der Waals surface area contributed by atoms with Crippen LogP contribution < -0.4 is 11.1 Å². The number of nitrogens with zero attached hydrogens (tertiary/aromatic N) is 5. The molecule has 0 aliphatic heterocycles. The third-order valence-corrected chi connectivity index (χ3v) is 4.38. The number of rotatable bonds is 7. The van der Waals surface area contributed by atoms with Gasteiger partial charge in [0.25, 0.3) is 0 Å². The molecule has 0 radical (unpaired) electrons. The van der Waals surface area contributed by atoms with Gasteiger partial charge >= 0.3 is 0 Å². The molecule has 0 fully saturated rings. The number of amidine groups is 1. The van der Waals surface area contributed by atoms with Crippen LogP contribution in [-0.2, 0) is 0 Å². The third-order valence-electron chi connectivity index (χ3n) is 3.71. The molecular weight excluding hydrogens is 390 g/mol. The highest BCUT2D eigenvalue weighted by molar-refractivity contribution is 8.01. The summed E-state index contributed by atoms with van der Waals surface area (Å²) >= 11 is 0.975. The van der Waals surface area contributed by atoms with Gasteiger partial charge in [0.15, 0.2) is 12.0 Å². The predicted octanol–water partition coefficient (Wildman–Crippen LogP) is 4.02. The molecule has 29 heavy (non-hydrogen) atoms. The monoisotopic (exact) mass is 409 g/mol. The predicted molar refractivity (Wildman–Crippen MR) is 115 cm³/mol. The van der Waals surface area contributed by atoms with Gasteiger partial charge in [0, 0.05) is 35.3 Å². The molecule has 5 N–H and O–H groups in total. The molecule has 0 aliphatic rings. The molecule has 1 unspecified atom stereocenters. The fourth-order valence-corrected chi connectivity index (χ4v) is 2.80. The Morgan fingerprint density at radius 1 is 1.24 bits per heavy atom. The number of hydrogen-bond acceptors (Lipinski definition) is 9. The smallest absolute Gasteiger partial charge is 0.224 e. The van der Waals surface area contributed by atoms with Crippen molar-refractivity contribution < 1.29 is 10.2 Å². The van der Waals surface area contributed by atoms with Crippen molar-refractivity contribution in [1.29, 1.82) is 0 Å². The van der Waals surface area contributed by atoms with Crippen LogP contribution in [0, 0.1) is 0 Å². The maximum Gasteiger partial charge on any atom is 0.224 e. The summed E-state index contributed by atoms with van der Waals surface area (Å²) in [5, 5.41) is 34.0. The topological polar surface area (TPSA) is 141 Å². The molecule has 148 valence electrons. The van der Waals surface area contributed by atoms with E-state index in [0.29, 0.717) is 16.3 Å². The average Bonchev–Trinajstić information content (AvgIpc) is 2.71. The van der Waals surface area contributed by atoms with Crippen LogP contribution in [0.4, 0.5) is 11.6 Å². The number of hydrogen-bond donors (Lipinski definition) is 4. The van der Waals surface area contributed by atoms with Gasteiger partial charge in [-0.25, -0.2) is 9.97 Å². The van der Waals surface area contributed by atoms with Gasteiger partial charge < -0.3 is 21.3 Å². The first-order valence-electron chi connectivity index (χ1n) is 8.49. The molecule has 0 saturated carbocycles. The Labute approximate surface area is 171 Å². The van der Waals surface area contributed by atoms with Crippen molar-refractivity contribution in [2.45, 2.75) is 13.2 Å². The molecule has 0 spiro atoms. The highest BCUT2D eigenvalue weighted by Crippen LogP contribution is 2.41. The summed E-state index contributed by atoms with van der Waals surface area (Å²) in [6, 6.07) is 10.6. The lowest BCUT2D eigenvalue weighted by atomic mass is 10.0. The van der Waals surface area contributed by atoms with Gasteiger partial charge in [0.2, 0.25) is 5.95 Å². The van der Waals surface area contributed by atoms with E-state index in [4.69, 9.17) is 5.73 Å². The Balaban J connectivity index is 1.99. The molecule has 1 atom stereocenters. The Morgan fingerprint density at radius 3 is 2.69 bits per heavy atom. The van der Waals surface area contributed by atoms with Gasteiger partial charge in [-0.1, -0.05) is 30.8 Å². The molecule has 0 amide bonds. The van der Waals surface area contributed by atoms with Crippen LogP contribution in [0.2, 0.25) is 0 Å². The van der Waals surface area contributed by atoms with Crippen LogP contribution in [0.5, 0.6) is 5.75 Å². The van der Waals surface area contributed by atoms with Crippen molar-refractivity contribution >= 4 is 40.2 Å². The van der Waals surface area contributed by atoms with Crippen LogP contribution in [0.15, 0.2) is 75.0 Å². The molecule has 1 heterocycles. The quantitative estimate of drug-likeness (QED) is 0.152. The zero-order valence-corrected chi connectivity index (χ0v) is 16.3. The van der Waals surface area contributed by atoms with E-state index in [1.54, 1.807) is 25.1 Å². The molecule has 1 aromatic heterocycles. The Bertz CT molecular complexity index is 1080. The number of aliphatic hydroxyl groups is 1. The SMILES string of the molecule is C=C(/N=N/c1c(O)c(C(O)Nc2ncccn2)cc2ccccc12)S/N=C(/C)N. The summed E-state index contributed by atoms with van der Waals surface area (Å²) in [6.45, 7) is 5.39. The van der Waals surface area contributed by atoms with Crippen LogP contribution in [0.1, 0.15) is 18.7 Å². The normalized spacial score (nSPS) is 13.0. The first kappa shape index (κ1) is 20.2. The number of phenols is 1. The first-order valence-corrected chi connectivity index (χ1v) is 9.27. The Morgan fingerprint density at radius 2 is 1.97 bits per heavy atom. The van der Waals surface area contributed by atoms with E-state index in [1.165, 1.54) is 12.4 Å². The lowest BCUT2D eigenvalue weighted by Gasteiger charge is -2.16. The van der Waals surface area contributed by atoms with Crippen LogP contribution >= 0.6 is 11.9 Å². The molecule has 3 rings (SSSR count). The number of nitrogens with one attached hydrogen (secondary N) is 1. The van der Waals surface area contributed by atoms with Gasteiger partial charge in [-0.15, -0.1) is 10.2 Å². The van der Waals surface area contributed by atoms with E-state index < -0.39 is 6.23 Å². The second-order valence-electron chi connectivity index (χ2n) is 5.92. The fourth-order valence-electron chi connectivity index (χ4n) is 2.47. The minimum absolute atomic E-state index is 0.197. The van der Waals surface area contributed by atoms with Crippen LogP contribution in [0.25, 0.3) is 10.8 Å². The van der Waals surface area contributed by atoms with Gasteiger partial charge in [-0.05, 0) is 24.4 Å². The number of phenolic OH excluding ortho intramolecular Hbond substituents is 1. The number of azo groups is 1. The second kappa shape index (κ2) is 9.13. The van der Waals surface area contributed by atoms with E-state index in [1.807, 2.05) is 18.2 Å². The van der Waals surface area contributed by atoms with Crippen LogP contribution in [0.3, 0.4) is 0 Å². The van der Waals surface area contributed by atoms with Gasteiger partial charge in [0.05, 0.1) is 0 Å². The number of nitrogens with two attached hydrogens (primary N) is 1. The first-order chi connectivity index (χ1) is 14.0. The van der Waals surface area contributed by atoms with Crippen molar-refractivity contribution in [2.24, 2.45) is 20.4 Å². The van der Waals surface area contributed by atoms with Crippen molar-refractivity contribution in [1.82, 2.24) is 9.97 Å². The second-order valence-corrected chi connectivity index (χ2v) is 6.76. The van der Waals surface area contributed by atoms with Gasteiger partial charge in [-0.3, -0.25) is 0 Å². The molecule has 0 bridgehead atoms. The Hall–Kier alpha value is -3.50. The number of aromatic nitrogens is 2. The van der Waals surface area contributed by atoms with E-state index in [2.05, 4.69) is 36.5 Å². The summed E-state index contributed by atoms with van der Waals surface area (Å²) in [7, 11) is 0. The minimum Gasteiger partial charge on any atom is -0.505 e. The fraction of sp³-hybridized carbons (Fsp3) is 0.105. The van der Waals surface area contributed by atoms with E-state index >= 15 is 0 Å². The minimum atomic E-state index is -1.27. The molecular formula is C19H19N7O2S. The van der Waals surface area contributed by atoms with E-state index in [0.717, 1.165) is 17.3 Å². The summed E-state index contributed by atoms with van der Waals surface area (Å²) in [4.78, 5) is 8.02. The summed E-state index contributed by atoms with van der Waals surface area (Å²) < 4.78 is 3.95. The zero-order chi connectivity index (χ0) is 20.8. The van der Waals surface area contributed by atoms with Crippen molar-refractivity contribution in [3.05, 3.63) is 66.0 Å². The largest absolute Gasteiger partial charge is 0.505 e. The number of fused-ring (bicyclic) bond motifs is 1. The lowest BCUT2D eigenvalue weighted by Crippen LogP contribution is -2.12. The number of aliphatic hydroxyl groups excluding tert-OH is 1. The van der Waals surface area contributed by atoms with Crippen molar-refractivity contribution in [3.63, 3.8) is 0 Å². The van der Waals surface area contributed by atoms with E-state index in [-0.39, 0.29) is 22.9 Å². The van der Waals surface area contributed by atoms with Gasteiger partial charge in [0.1, 0.15) is 16.6 Å². The van der Waals surface area contributed by atoms with Gasteiger partial charge in [-0.2, -0.15) is 4.40 Å². The Kier molecular flexibility index (Phi) is 6.37. The van der Waals surface area contributed by atoms with E-state index in [9.17, 15) is 10.2 Å². The molecule has 3 aromatic rings. The number of benzene rings is 2. The number of anilines is 1. The number of aromatic hydroxyl groups is 1. The van der Waals surface area contributed by atoms with Crippen molar-refractivity contribution in [2.75, 3.05) is 5.32 Å². The molecule has 0 aliphatic carbocycles. The van der Waals surface area contributed by atoms with Crippen molar-refractivity contribution in [3.8, 4) is 5.75 Å². The standard InChI is InChI=1S/C19H19N7O2S/c1-11(20)26-29-12(2)24-25-16-14-7-4-3-6-13(14)10-15(17(16)27)18(28)23-19-21-8-5-9-22-19/h3-10,18,27-28H,2H2,1H3,(H2,20,26)(H,21,22,23)/b25-24+. The maximum absolute atomic E-state index is 10.8. The average molecular weight is 409 g/mol.